The van der Waals surface area contributed by atoms with Crippen molar-refractivity contribution < 1.29 is 19.0 Å². The first-order chi connectivity index (χ1) is 18.0. The Hall–Kier alpha value is -3.66. The standard InChI is InChI=1S/C27H32N6O4/c1-16-22-13-17(21-7-9-28-25-24(21)35-11-12-36-25)3-6-23(22)32-26(29-16)30-18-4-5-19(14-18)31-27(34)37-20-8-10-33(2)15-20/h3,6-7,9,13,18-20H,4-5,8,10-12,14-15H2,1-2H3,(H,31,34)(H,29,30,32)/t18-,19+,20+/m1/s1. The van der Waals surface area contributed by atoms with Gasteiger partial charge in [0.2, 0.25) is 5.95 Å². The van der Waals surface area contributed by atoms with Gasteiger partial charge in [-0.2, -0.15) is 0 Å². The van der Waals surface area contributed by atoms with Crippen LogP contribution in [0.4, 0.5) is 10.7 Å². The lowest BCUT2D eigenvalue weighted by molar-refractivity contribution is 0.0993. The lowest BCUT2D eigenvalue weighted by Gasteiger charge is -2.20. The van der Waals surface area contributed by atoms with Crippen LogP contribution in [-0.4, -0.2) is 77.5 Å². The molecule has 1 aromatic carbocycles. The highest BCUT2D eigenvalue weighted by Crippen LogP contribution is 2.39. The minimum absolute atomic E-state index is 0.0142. The highest BCUT2D eigenvalue weighted by atomic mass is 16.6. The number of benzene rings is 1. The zero-order valence-electron chi connectivity index (χ0n) is 21.2. The molecule has 10 heteroatoms. The van der Waals surface area contributed by atoms with Crippen LogP contribution in [0.1, 0.15) is 31.4 Å². The normalized spacial score (nSPS) is 23.2. The van der Waals surface area contributed by atoms with Gasteiger partial charge in [-0.15, -0.1) is 0 Å². The number of nitrogens with zero attached hydrogens (tertiary/aromatic N) is 4. The van der Waals surface area contributed by atoms with Crippen molar-refractivity contribution in [3.8, 4) is 22.8 Å². The Morgan fingerprint density at radius 2 is 1.97 bits per heavy atom. The summed E-state index contributed by atoms with van der Waals surface area (Å²) in [5.74, 6) is 1.81. The number of ether oxygens (including phenoxy) is 3. The Kier molecular flexibility index (Phi) is 6.42. The minimum atomic E-state index is -0.313. The molecule has 1 amide bonds. The Bertz CT molecular complexity index is 1320. The van der Waals surface area contributed by atoms with Gasteiger partial charge in [0.1, 0.15) is 19.3 Å². The number of amides is 1. The van der Waals surface area contributed by atoms with E-state index in [1.807, 2.05) is 32.2 Å². The van der Waals surface area contributed by atoms with Crippen molar-refractivity contribution in [1.29, 1.82) is 0 Å². The fourth-order valence-corrected chi connectivity index (χ4v) is 5.46. The molecule has 0 radical (unpaired) electrons. The molecule has 1 saturated heterocycles. The van der Waals surface area contributed by atoms with Gasteiger partial charge in [-0.1, -0.05) is 6.07 Å². The second-order valence-electron chi connectivity index (χ2n) is 10.1. The predicted octanol–water partition coefficient (Wildman–Crippen LogP) is 3.53. The highest BCUT2D eigenvalue weighted by molar-refractivity contribution is 5.88. The van der Waals surface area contributed by atoms with Crippen molar-refractivity contribution >= 4 is 22.9 Å². The number of rotatable bonds is 5. The molecule has 0 bridgehead atoms. The van der Waals surface area contributed by atoms with Crippen LogP contribution in [0.5, 0.6) is 11.6 Å². The summed E-state index contributed by atoms with van der Waals surface area (Å²) in [5.41, 5.74) is 3.71. The summed E-state index contributed by atoms with van der Waals surface area (Å²) in [5, 5.41) is 7.50. The molecule has 2 N–H and O–H groups in total. The maximum Gasteiger partial charge on any atom is 0.407 e. The molecular formula is C27H32N6O4. The maximum absolute atomic E-state index is 12.3. The second-order valence-corrected chi connectivity index (χ2v) is 10.1. The molecule has 2 aliphatic heterocycles. The number of hydrogen-bond acceptors (Lipinski definition) is 9. The third-order valence-corrected chi connectivity index (χ3v) is 7.35. The average molecular weight is 505 g/mol. The summed E-state index contributed by atoms with van der Waals surface area (Å²) in [4.78, 5) is 28.3. The Morgan fingerprint density at radius 3 is 2.84 bits per heavy atom. The molecule has 2 aromatic heterocycles. The molecule has 1 saturated carbocycles. The van der Waals surface area contributed by atoms with Crippen LogP contribution in [-0.2, 0) is 4.74 Å². The number of anilines is 1. The third-order valence-electron chi connectivity index (χ3n) is 7.35. The lowest BCUT2D eigenvalue weighted by atomic mass is 10.0. The molecule has 2 fully saturated rings. The summed E-state index contributed by atoms with van der Waals surface area (Å²) in [6.07, 6.45) is 4.95. The SMILES string of the molecule is Cc1nc(N[C@@H]2CC[C@H](NC(=O)O[C@H]3CCN(C)C3)C2)nc2ccc(-c3ccnc4c3OCCO4)cc12. The van der Waals surface area contributed by atoms with Crippen molar-refractivity contribution in [1.82, 2.24) is 25.2 Å². The zero-order valence-corrected chi connectivity index (χ0v) is 21.2. The molecule has 3 atom stereocenters. The van der Waals surface area contributed by atoms with Gasteiger partial charge in [0.15, 0.2) is 5.75 Å². The fourth-order valence-electron chi connectivity index (χ4n) is 5.46. The monoisotopic (exact) mass is 504 g/mol. The number of aryl methyl sites for hydroxylation is 1. The number of nitrogens with one attached hydrogen (secondary N) is 2. The summed E-state index contributed by atoms with van der Waals surface area (Å²) in [6.45, 7) is 4.78. The molecule has 37 heavy (non-hydrogen) atoms. The molecule has 0 spiro atoms. The van der Waals surface area contributed by atoms with Crippen LogP contribution in [0, 0.1) is 6.92 Å². The number of carbonyl (C=O) groups is 1. The van der Waals surface area contributed by atoms with Gasteiger partial charge in [0.05, 0.1) is 11.2 Å². The lowest BCUT2D eigenvalue weighted by Crippen LogP contribution is -2.37. The fraction of sp³-hybridized carbons (Fsp3) is 0.481. The smallest absolute Gasteiger partial charge is 0.407 e. The summed E-state index contributed by atoms with van der Waals surface area (Å²) in [6, 6.07) is 8.36. The van der Waals surface area contributed by atoms with Crippen LogP contribution in [0.25, 0.3) is 22.0 Å². The van der Waals surface area contributed by atoms with E-state index < -0.39 is 0 Å². The molecule has 4 heterocycles. The first kappa shape index (κ1) is 23.7. The Labute approximate surface area is 215 Å². The number of pyridine rings is 1. The first-order valence-corrected chi connectivity index (χ1v) is 13.0. The van der Waals surface area contributed by atoms with E-state index in [9.17, 15) is 4.79 Å². The van der Waals surface area contributed by atoms with E-state index in [0.717, 1.165) is 66.5 Å². The van der Waals surface area contributed by atoms with Crippen molar-refractivity contribution in [2.45, 2.75) is 50.8 Å². The molecule has 6 rings (SSSR count). The average Bonchev–Trinajstić information content (AvgIpc) is 3.51. The van der Waals surface area contributed by atoms with Gasteiger partial charge >= 0.3 is 6.09 Å². The van der Waals surface area contributed by atoms with E-state index in [1.54, 1.807) is 6.20 Å². The van der Waals surface area contributed by atoms with Crippen molar-refractivity contribution in [2.24, 2.45) is 0 Å². The number of carbonyl (C=O) groups excluding carboxylic acids is 1. The molecule has 3 aromatic rings. The third kappa shape index (κ3) is 5.11. The molecular weight excluding hydrogens is 472 g/mol. The van der Waals surface area contributed by atoms with Crippen LogP contribution < -0.4 is 20.1 Å². The quantitative estimate of drug-likeness (QED) is 0.539. The first-order valence-electron chi connectivity index (χ1n) is 13.0. The largest absolute Gasteiger partial charge is 0.484 e. The topological polar surface area (TPSA) is 111 Å². The van der Waals surface area contributed by atoms with Gasteiger partial charge in [0.25, 0.3) is 5.88 Å². The second kappa shape index (κ2) is 10.0. The van der Waals surface area contributed by atoms with Crippen molar-refractivity contribution in [3.05, 3.63) is 36.2 Å². The number of hydrogen-bond donors (Lipinski definition) is 2. The zero-order chi connectivity index (χ0) is 25.4. The van der Waals surface area contributed by atoms with Crippen LogP contribution in [0.15, 0.2) is 30.5 Å². The Morgan fingerprint density at radius 1 is 1.11 bits per heavy atom. The number of likely N-dealkylation sites (tertiary alicyclic amines) is 1. The van der Waals surface area contributed by atoms with E-state index in [2.05, 4.69) is 26.6 Å². The van der Waals surface area contributed by atoms with E-state index >= 15 is 0 Å². The molecule has 0 unspecified atom stereocenters. The Balaban J connectivity index is 1.11. The van der Waals surface area contributed by atoms with Gasteiger partial charge in [-0.05, 0) is 63.4 Å². The molecule has 194 valence electrons. The highest BCUT2D eigenvalue weighted by Gasteiger charge is 2.29. The number of likely N-dealkylation sites (N-methyl/N-ethyl adjacent to an activating group) is 1. The van der Waals surface area contributed by atoms with Gasteiger partial charge in [-0.25, -0.2) is 19.7 Å². The minimum Gasteiger partial charge on any atom is -0.484 e. The van der Waals surface area contributed by atoms with E-state index in [1.165, 1.54) is 0 Å². The van der Waals surface area contributed by atoms with Gasteiger partial charge in [0, 0.05) is 42.3 Å². The maximum atomic E-state index is 12.3. The van der Waals surface area contributed by atoms with Crippen LogP contribution >= 0.6 is 0 Å². The number of aromatic nitrogens is 3. The van der Waals surface area contributed by atoms with Crippen molar-refractivity contribution in [3.63, 3.8) is 0 Å². The summed E-state index contributed by atoms with van der Waals surface area (Å²) >= 11 is 0. The summed E-state index contributed by atoms with van der Waals surface area (Å²) in [7, 11) is 2.04. The summed E-state index contributed by atoms with van der Waals surface area (Å²) < 4.78 is 17.1. The number of alkyl carbamates (subject to hydrolysis) is 1. The number of fused-ring (bicyclic) bond motifs is 2. The van der Waals surface area contributed by atoms with E-state index in [0.29, 0.717) is 30.8 Å². The molecule has 1 aliphatic carbocycles. The van der Waals surface area contributed by atoms with Crippen molar-refractivity contribution in [2.75, 3.05) is 38.7 Å². The molecule has 10 nitrogen and oxygen atoms in total. The van der Waals surface area contributed by atoms with Gasteiger partial charge in [-0.3, -0.25) is 0 Å². The predicted molar refractivity (Wildman–Crippen MR) is 139 cm³/mol. The van der Waals surface area contributed by atoms with Crippen LogP contribution in [0.2, 0.25) is 0 Å². The molecule has 3 aliphatic rings. The van der Waals surface area contributed by atoms with Crippen LogP contribution in [0.3, 0.4) is 0 Å². The van der Waals surface area contributed by atoms with E-state index in [-0.39, 0.29) is 24.3 Å². The van der Waals surface area contributed by atoms with Gasteiger partial charge < -0.3 is 29.7 Å². The van der Waals surface area contributed by atoms with E-state index in [4.69, 9.17) is 24.2 Å².